The molecule has 27 heteroatoms. The number of aromatic nitrogens is 7. The molecule has 0 spiro atoms. The van der Waals surface area contributed by atoms with Crippen LogP contribution in [0.15, 0.2) is 183 Å². The van der Waals surface area contributed by atoms with Crippen molar-refractivity contribution in [3.05, 3.63) is 168 Å². The number of aryl methyl sites for hydroxylation is 1. The fraction of sp³-hybridized carbons (Fsp3) is 0.619. The van der Waals surface area contributed by atoms with Crippen LogP contribution < -0.4 is 0 Å². The van der Waals surface area contributed by atoms with Gasteiger partial charge in [0.15, 0.2) is 61.7 Å². The summed E-state index contributed by atoms with van der Waals surface area (Å²) in [6.45, 7) is 26.6. The van der Waals surface area contributed by atoms with Crippen molar-refractivity contribution in [1.29, 1.82) is 0 Å². The van der Waals surface area contributed by atoms with E-state index < -0.39 is 68.5 Å². The molecule has 0 aliphatic heterocycles. The van der Waals surface area contributed by atoms with Crippen molar-refractivity contribution in [2.45, 2.75) is 260 Å². The van der Waals surface area contributed by atoms with Gasteiger partial charge in [-0.2, -0.15) is 0 Å². The summed E-state index contributed by atoms with van der Waals surface area (Å²) < 4.78 is 0. The van der Waals surface area contributed by atoms with Crippen LogP contribution in [0.3, 0.4) is 0 Å². The van der Waals surface area contributed by atoms with Gasteiger partial charge in [-0.15, -0.1) is 0 Å². The molecule has 20 unspecified atom stereocenters. The van der Waals surface area contributed by atoms with E-state index in [1.807, 2.05) is 104 Å². The number of hydrogen-bond acceptors (Lipinski definition) is 26. The molecule has 12 saturated carbocycles. The fourth-order valence-corrected chi connectivity index (χ4v) is 34.8. The highest BCUT2D eigenvalue weighted by atomic mass is 32.2. The summed E-state index contributed by atoms with van der Waals surface area (Å²) in [4.78, 5) is 131. The number of rotatable bonds is 16. The predicted molar refractivity (Wildman–Crippen MR) is 505 cm³/mol. The lowest BCUT2D eigenvalue weighted by Crippen LogP contribution is -2.62. The van der Waals surface area contributed by atoms with Crippen LogP contribution in [0.1, 0.15) is 192 Å². The molecular formula is C105H131N7O16S4. The van der Waals surface area contributed by atoms with E-state index >= 15 is 0 Å². The van der Waals surface area contributed by atoms with Gasteiger partial charge < -0.3 is 45.8 Å². The summed E-state index contributed by atoms with van der Waals surface area (Å²) in [5.41, 5.74) is -4.81. The number of nitrogens with one attached hydrogen (secondary N) is 1. The number of imidazole rings is 1. The number of hydrogen-bond donors (Lipinski definition) is 9. The van der Waals surface area contributed by atoms with Gasteiger partial charge in [-0.05, 0) is 254 Å². The van der Waals surface area contributed by atoms with Gasteiger partial charge in [0.2, 0.25) is 0 Å². The zero-order valence-electron chi connectivity index (χ0n) is 78.1. The summed E-state index contributed by atoms with van der Waals surface area (Å²) in [6.07, 6.45) is 39.9. The number of fused-ring (bicyclic) bond motifs is 20. The Morgan fingerprint density at radius 2 is 0.818 bits per heavy atom. The molecule has 23 nitrogen and oxygen atoms in total. The quantitative estimate of drug-likeness (QED) is 0.0371. The highest BCUT2D eigenvalue weighted by molar-refractivity contribution is 8.00. The fourth-order valence-electron chi connectivity index (χ4n) is 31.6. The molecule has 9 N–H and O–H groups in total. The minimum atomic E-state index is -1.50. The molecule has 32 atom stereocenters. The molecule has 4 aromatic rings. The van der Waals surface area contributed by atoms with E-state index in [-0.39, 0.29) is 186 Å². The second-order valence-electron chi connectivity index (χ2n) is 43.9. The van der Waals surface area contributed by atoms with E-state index in [1.54, 1.807) is 91.9 Å². The highest BCUT2D eigenvalue weighted by Crippen LogP contribution is 2.74. The minimum absolute atomic E-state index is 0.00734. The van der Waals surface area contributed by atoms with E-state index in [0.717, 1.165) is 104 Å². The summed E-state index contributed by atoms with van der Waals surface area (Å²) in [5, 5.41) is 96.4. The molecule has 0 aromatic carbocycles. The number of carbonyl (C=O) groups is 8. The van der Waals surface area contributed by atoms with Crippen molar-refractivity contribution in [2.75, 3.05) is 23.0 Å². The molecule has 706 valence electrons. The van der Waals surface area contributed by atoms with E-state index in [0.29, 0.717) is 47.6 Å². The van der Waals surface area contributed by atoms with Crippen LogP contribution in [-0.4, -0.2) is 192 Å². The number of aliphatic hydroxyl groups is 8. The smallest absolute Gasteiger partial charge is 0.188 e. The first-order chi connectivity index (χ1) is 62.3. The Morgan fingerprint density at radius 3 is 1.25 bits per heavy atom. The Labute approximate surface area is 791 Å². The lowest BCUT2D eigenvalue weighted by molar-refractivity contribution is -0.180. The maximum atomic E-state index is 13.6. The first kappa shape index (κ1) is 96.6. The second kappa shape index (κ2) is 35.4. The van der Waals surface area contributed by atoms with Gasteiger partial charge in [-0.1, -0.05) is 183 Å². The normalized spacial score (nSPS) is 44.0. The number of H-pyrrole nitrogens is 1. The van der Waals surface area contributed by atoms with Gasteiger partial charge in [0.05, 0.1) is 52.5 Å². The van der Waals surface area contributed by atoms with Crippen molar-refractivity contribution in [3.63, 3.8) is 0 Å². The average molecular weight is 1880 g/mol. The molecule has 16 aliphatic carbocycles. The van der Waals surface area contributed by atoms with Crippen molar-refractivity contribution >= 4 is 93.3 Å². The van der Waals surface area contributed by atoms with Crippen LogP contribution in [0.4, 0.5) is 0 Å². The van der Waals surface area contributed by atoms with Gasteiger partial charge in [-0.3, -0.25) is 38.4 Å². The molecule has 0 saturated heterocycles. The number of carbonyl (C=O) groups excluding carboxylic acids is 8. The number of Topliss-reactive ketones (excluding diaryl/α,β-unsaturated/α-hetero) is 4. The summed E-state index contributed by atoms with van der Waals surface area (Å²) in [6, 6.07) is 9.14. The number of allylic oxidation sites excluding steroid dienone is 16. The van der Waals surface area contributed by atoms with Crippen molar-refractivity contribution in [1.82, 2.24) is 34.9 Å². The lowest BCUT2D eigenvalue weighted by Gasteiger charge is -2.60. The zero-order chi connectivity index (χ0) is 94.5. The largest absolute Gasteiger partial charge is 0.393 e. The molecule has 0 amide bonds. The Balaban J connectivity index is 0.000000123. The molecule has 132 heavy (non-hydrogen) atoms. The van der Waals surface area contributed by atoms with E-state index in [2.05, 4.69) is 69.5 Å². The third-order valence-corrected chi connectivity index (χ3v) is 41.3. The lowest BCUT2D eigenvalue weighted by atomic mass is 9.45. The number of pyridine rings is 1. The number of thioether (sulfide) groups is 4. The van der Waals surface area contributed by atoms with Crippen LogP contribution >= 0.6 is 47.0 Å². The maximum absolute atomic E-state index is 13.6. The minimum Gasteiger partial charge on any atom is -0.393 e. The second-order valence-corrected chi connectivity index (χ2v) is 47.7. The first-order valence-corrected chi connectivity index (χ1v) is 51.8. The van der Waals surface area contributed by atoms with Crippen LogP contribution in [0, 0.1) is 145 Å². The van der Waals surface area contributed by atoms with Gasteiger partial charge in [0, 0.05) is 110 Å². The van der Waals surface area contributed by atoms with Crippen LogP contribution in [0.2, 0.25) is 0 Å². The molecule has 0 radical (unpaired) electrons. The van der Waals surface area contributed by atoms with Gasteiger partial charge in [0.25, 0.3) is 0 Å². The Morgan fingerprint density at radius 1 is 0.417 bits per heavy atom. The third kappa shape index (κ3) is 15.3. The standard InChI is InChI=1S/C27H34N2O4S.C27H33NO4S.C26H32N2O4S.C25H32N2O4S/c1-15-11-20-19-6-5-17-12-18(30)7-9-25(17,3)23(19)21(31)13-26(20,4)27(15,33)22(32)14-34-24-28-10-8-16(2)29-24;1-16-12-18-19-8-10-27(32,22(31)15-33-23-6-4-5-11-28-23)26(19,3)14-21(30)24(18)25(2)9-7-17(29)13-20(16)25;1-15-11-19-18-6-5-16-12-17(29)7-8-24(16,2)22(18)20(30)13-25(19,3)26(15,32)21(31)14-33-23-27-9-4-10-28-23;1-14-10-18-17-5-4-15-11-16(28)6-7-23(15,2)21(17)19(29)12-24(18,3)25(14,31)20(30)13-32-22-26-8-9-27-22/h7-10,12,15,19-21,23,31,33H,5-6,11,13-14H2,1-4H3;4-7,9,11,13,16,18-19,21,24,30,32H,8,10,12,14-15H2,1-3H3;4,7-10,12,15,18-20,22,30,32H,5-6,11,13-14H2,1-3H3;6-9,11,14,17-19,21,29,31H,4-5,10,12-13H2,1-3H3,(H,26,27)/t15-,19?,20?,21+,23?,25?,26?,27+;16-,18?,19?,21-,24?,25?,26?,27-;15-,18?,19?,20+,22?,24?,25?,26+;14-,17?,18?,19+,21?,23?,24?,25+/m1011/s1. The molecule has 4 heterocycles. The van der Waals surface area contributed by atoms with E-state index in [4.69, 9.17) is 0 Å². The summed E-state index contributed by atoms with van der Waals surface area (Å²) in [7, 11) is 0. The zero-order valence-corrected chi connectivity index (χ0v) is 81.4. The van der Waals surface area contributed by atoms with Crippen molar-refractivity contribution in [2.24, 2.45) is 138 Å². The van der Waals surface area contributed by atoms with Gasteiger partial charge in [-0.25, -0.2) is 29.9 Å². The Kier molecular flexibility index (Phi) is 25.9. The highest BCUT2D eigenvalue weighted by Gasteiger charge is 2.75. The summed E-state index contributed by atoms with van der Waals surface area (Å²) >= 11 is 5.18. The van der Waals surface area contributed by atoms with E-state index in [1.165, 1.54) is 47.0 Å². The van der Waals surface area contributed by atoms with Gasteiger partial charge in [0.1, 0.15) is 22.4 Å². The number of ketones is 8. The molecule has 4 aromatic heterocycles. The van der Waals surface area contributed by atoms with Crippen LogP contribution in [0.5, 0.6) is 0 Å². The van der Waals surface area contributed by atoms with Gasteiger partial charge >= 0.3 is 0 Å². The molecule has 0 bridgehead atoms. The van der Waals surface area contributed by atoms with Crippen molar-refractivity contribution < 1.29 is 79.2 Å². The predicted octanol–water partition coefficient (Wildman–Crippen LogP) is 14.4. The SMILES string of the molecule is C[C@@H]1CC2C3CCC4=CC(=O)C=CC4(C)C3[C@@H](O)CC2(C)[C@@]1(O)C(=O)CSc1ncc[nH]1.C[C@@H]1CC2C3CCC4=CC(=O)C=CC4(C)C3[C@@H](O)CC2(C)[C@@]1(O)C(=O)CSc1ncccn1.C[C@H]1CC2C([C@@H](O)CC3(C)C2CC[C@]3(O)C(=O)CSc2ccccn2)C2(C)C=CC(=O)C=C12.Cc1ccnc(SCC(=O)[C@@]2(O)[C@H](C)CC3C4CCC5=CC(=O)C=CC5(C)C4[C@@H](O)CC32C)n1. The number of aromatic amines is 1. The topological polar surface area (TPSA) is 392 Å². The van der Waals surface area contributed by atoms with Crippen LogP contribution in [-0.2, 0) is 38.4 Å². The third-order valence-electron chi connectivity index (χ3n) is 37.7. The number of aliphatic hydroxyl groups excluding tert-OH is 4. The first-order valence-electron chi connectivity index (χ1n) is 47.8. The Hall–Kier alpha value is -7.12. The number of nitrogens with zero attached hydrogens (tertiary/aromatic N) is 6. The Bertz CT molecular complexity index is 5510. The monoisotopic (exact) mass is 1870 g/mol. The van der Waals surface area contributed by atoms with Crippen molar-refractivity contribution in [3.8, 4) is 0 Å². The maximum Gasteiger partial charge on any atom is 0.188 e. The molecule has 20 rings (SSSR count). The van der Waals surface area contributed by atoms with E-state index in [9.17, 15) is 79.2 Å². The molecule has 16 aliphatic rings. The molecular weight excluding hydrogens is 1740 g/mol. The molecule has 12 fully saturated rings. The average Bonchev–Trinajstić information content (AvgIpc) is 1.23. The van der Waals surface area contributed by atoms with Crippen LogP contribution in [0.25, 0.3) is 0 Å². The summed E-state index contributed by atoms with van der Waals surface area (Å²) in [5.74, 6) is 0.822.